The molecular formula is C21H26NO5S+. The predicted octanol–water partition coefficient (Wildman–Crippen LogP) is 4.18. The minimum absolute atomic E-state index is 0.0117. The minimum atomic E-state index is -3.42. The Hall–Kier alpha value is -2.38. The number of likely N-dealkylation sites (tertiary alicyclic amines) is 1. The van der Waals surface area contributed by atoms with Crippen LogP contribution >= 0.6 is 0 Å². The normalized spacial score (nSPS) is 22.5. The summed E-state index contributed by atoms with van der Waals surface area (Å²) in [5.41, 5.74) is 0. The third kappa shape index (κ3) is 4.54. The number of quaternary nitrogens is 1. The SMILES string of the molecule is CC[N+]1(C(=O)O)CCC(CS(=O)(=O)c2ccc(Oc3ccccc3)cc2)CC1. The summed E-state index contributed by atoms with van der Waals surface area (Å²) in [5, 5.41) is 9.46. The van der Waals surface area contributed by atoms with Gasteiger partial charge in [0.05, 0.1) is 30.3 Å². The third-order valence-electron chi connectivity index (χ3n) is 5.56. The zero-order valence-electron chi connectivity index (χ0n) is 16.0. The van der Waals surface area contributed by atoms with E-state index in [1.165, 1.54) is 0 Å². The molecule has 1 aliphatic rings. The lowest BCUT2D eigenvalue weighted by Gasteiger charge is -2.37. The molecule has 0 aromatic heterocycles. The maximum atomic E-state index is 12.8. The highest BCUT2D eigenvalue weighted by Gasteiger charge is 2.40. The number of nitrogens with zero attached hydrogens (tertiary/aromatic N) is 1. The van der Waals surface area contributed by atoms with E-state index in [2.05, 4.69) is 0 Å². The quantitative estimate of drug-likeness (QED) is 0.731. The Kier molecular flexibility index (Phi) is 6.05. The smallest absolute Gasteiger partial charge is 0.457 e. The molecule has 1 fully saturated rings. The molecule has 0 unspecified atom stereocenters. The lowest BCUT2D eigenvalue weighted by Crippen LogP contribution is -2.56. The fourth-order valence-corrected chi connectivity index (χ4v) is 5.37. The van der Waals surface area contributed by atoms with Crippen LogP contribution in [0.2, 0.25) is 0 Å². The second-order valence-corrected chi connectivity index (χ2v) is 9.34. The van der Waals surface area contributed by atoms with Crippen LogP contribution in [0.5, 0.6) is 11.5 Å². The summed E-state index contributed by atoms with van der Waals surface area (Å²) in [7, 11) is -3.42. The Bertz CT molecular complexity index is 902. The average Bonchev–Trinajstić information content (AvgIpc) is 2.69. The molecule has 0 atom stereocenters. The molecule has 0 radical (unpaired) electrons. The molecule has 0 bridgehead atoms. The molecular weight excluding hydrogens is 378 g/mol. The van der Waals surface area contributed by atoms with Crippen molar-refractivity contribution in [3.05, 3.63) is 54.6 Å². The van der Waals surface area contributed by atoms with Gasteiger partial charge in [0.15, 0.2) is 9.84 Å². The first kappa shape index (κ1) is 20.4. The van der Waals surface area contributed by atoms with Crippen LogP contribution in [-0.4, -0.2) is 49.5 Å². The monoisotopic (exact) mass is 404 g/mol. The lowest BCUT2D eigenvalue weighted by atomic mass is 9.97. The van der Waals surface area contributed by atoms with E-state index >= 15 is 0 Å². The molecule has 2 aromatic carbocycles. The fraction of sp³-hybridized carbons (Fsp3) is 0.381. The molecule has 0 saturated carbocycles. The molecule has 7 heteroatoms. The first-order valence-corrected chi connectivity index (χ1v) is 11.2. The van der Waals surface area contributed by atoms with Crippen LogP contribution in [0.15, 0.2) is 59.5 Å². The first-order chi connectivity index (χ1) is 13.3. The van der Waals surface area contributed by atoms with E-state index in [4.69, 9.17) is 4.74 Å². The van der Waals surface area contributed by atoms with Gasteiger partial charge in [-0.3, -0.25) is 0 Å². The highest BCUT2D eigenvalue weighted by atomic mass is 32.2. The molecule has 0 spiro atoms. The van der Waals surface area contributed by atoms with Gasteiger partial charge in [-0.2, -0.15) is 4.79 Å². The van der Waals surface area contributed by atoms with Gasteiger partial charge in [-0.15, -0.1) is 0 Å². The molecule has 3 rings (SSSR count). The van der Waals surface area contributed by atoms with Gasteiger partial charge in [-0.1, -0.05) is 18.2 Å². The van der Waals surface area contributed by atoms with Gasteiger partial charge < -0.3 is 9.84 Å². The fourth-order valence-electron chi connectivity index (χ4n) is 3.67. The lowest BCUT2D eigenvalue weighted by molar-refractivity contribution is -0.861. The highest BCUT2D eigenvalue weighted by molar-refractivity contribution is 7.91. The molecule has 28 heavy (non-hydrogen) atoms. The summed E-state index contributed by atoms with van der Waals surface area (Å²) in [4.78, 5) is 11.8. The van der Waals surface area contributed by atoms with Crippen LogP contribution in [0.3, 0.4) is 0 Å². The summed E-state index contributed by atoms with van der Waals surface area (Å²) in [6.45, 7) is 3.35. The largest absolute Gasteiger partial charge is 0.513 e. The molecule has 1 amide bonds. The van der Waals surface area contributed by atoms with Gasteiger partial charge in [0, 0.05) is 12.8 Å². The van der Waals surface area contributed by atoms with Crippen molar-refractivity contribution >= 4 is 15.9 Å². The maximum Gasteiger partial charge on any atom is 0.513 e. The second kappa shape index (κ2) is 8.32. The summed E-state index contributed by atoms with van der Waals surface area (Å²) < 4.78 is 31.3. The van der Waals surface area contributed by atoms with Crippen molar-refractivity contribution in [3.63, 3.8) is 0 Å². The van der Waals surface area contributed by atoms with Crippen LogP contribution in [0, 0.1) is 5.92 Å². The highest BCUT2D eigenvalue weighted by Crippen LogP contribution is 2.28. The van der Waals surface area contributed by atoms with Gasteiger partial charge in [0.2, 0.25) is 0 Å². The van der Waals surface area contributed by atoms with E-state index in [-0.39, 0.29) is 21.0 Å². The van der Waals surface area contributed by atoms with Crippen molar-refractivity contribution in [2.24, 2.45) is 5.92 Å². The van der Waals surface area contributed by atoms with Crippen LogP contribution in [-0.2, 0) is 9.84 Å². The van der Waals surface area contributed by atoms with Crippen molar-refractivity contribution in [2.75, 3.05) is 25.4 Å². The Balaban J connectivity index is 1.63. The maximum absolute atomic E-state index is 12.8. The van der Waals surface area contributed by atoms with Crippen molar-refractivity contribution in [2.45, 2.75) is 24.7 Å². The summed E-state index contributed by atoms with van der Waals surface area (Å²) in [6, 6.07) is 15.8. The summed E-state index contributed by atoms with van der Waals surface area (Å²) in [6.07, 6.45) is 0.390. The van der Waals surface area contributed by atoms with Gasteiger partial charge in [0.1, 0.15) is 11.5 Å². The number of piperidine rings is 1. The number of ether oxygens (including phenoxy) is 1. The van der Waals surface area contributed by atoms with Crippen molar-refractivity contribution in [3.8, 4) is 11.5 Å². The number of amides is 1. The van der Waals surface area contributed by atoms with Gasteiger partial charge in [0.25, 0.3) is 0 Å². The van der Waals surface area contributed by atoms with Crippen LogP contribution in [0.25, 0.3) is 0 Å². The van der Waals surface area contributed by atoms with E-state index < -0.39 is 15.9 Å². The zero-order chi connectivity index (χ0) is 20.2. The van der Waals surface area contributed by atoms with Crippen LogP contribution < -0.4 is 4.74 Å². The van der Waals surface area contributed by atoms with E-state index in [0.29, 0.717) is 44.0 Å². The second-order valence-electron chi connectivity index (χ2n) is 7.30. The minimum Gasteiger partial charge on any atom is -0.457 e. The topological polar surface area (TPSA) is 80.7 Å². The number of hydrogen-bond acceptors (Lipinski definition) is 4. The molecule has 1 aliphatic heterocycles. The Morgan fingerprint density at radius 1 is 1.04 bits per heavy atom. The number of carboxylic acid groups (broad SMARTS) is 1. The third-order valence-corrected chi connectivity index (χ3v) is 7.46. The number of rotatable bonds is 6. The van der Waals surface area contributed by atoms with Gasteiger partial charge in [-0.05, 0) is 49.2 Å². The number of benzene rings is 2. The van der Waals surface area contributed by atoms with Gasteiger partial charge >= 0.3 is 6.09 Å². The summed E-state index contributed by atoms with van der Waals surface area (Å²) >= 11 is 0. The molecule has 1 heterocycles. The number of sulfone groups is 1. The molecule has 1 saturated heterocycles. The molecule has 2 aromatic rings. The van der Waals surface area contributed by atoms with Crippen molar-refractivity contribution in [1.82, 2.24) is 0 Å². The molecule has 0 aliphatic carbocycles. The van der Waals surface area contributed by atoms with E-state index in [9.17, 15) is 18.3 Å². The average molecular weight is 405 g/mol. The Labute approximate surface area is 165 Å². The van der Waals surface area contributed by atoms with Crippen molar-refractivity contribution in [1.29, 1.82) is 0 Å². The van der Waals surface area contributed by atoms with E-state index in [1.807, 2.05) is 37.3 Å². The predicted molar refractivity (Wildman–Crippen MR) is 106 cm³/mol. The van der Waals surface area contributed by atoms with Crippen molar-refractivity contribution < 1.29 is 27.5 Å². The number of hydrogen-bond donors (Lipinski definition) is 1. The molecule has 1 N–H and O–H groups in total. The number of para-hydroxylation sites is 1. The Morgan fingerprint density at radius 3 is 2.14 bits per heavy atom. The Morgan fingerprint density at radius 2 is 1.61 bits per heavy atom. The van der Waals surface area contributed by atoms with E-state index in [0.717, 1.165) is 0 Å². The number of carbonyl (C=O) groups is 1. The van der Waals surface area contributed by atoms with E-state index in [1.54, 1.807) is 24.3 Å². The molecule has 6 nitrogen and oxygen atoms in total. The molecule has 150 valence electrons. The standard InChI is InChI=1S/C21H25NO5S/c1-2-22(21(23)24)14-12-17(13-15-22)16-28(25,26)20-10-8-19(9-11-20)27-18-6-4-3-5-7-18/h3-11,17H,2,12-16H2,1H3/p+1. The summed E-state index contributed by atoms with van der Waals surface area (Å²) in [5.74, 6) is 1.31. The van der Waals surface area contributed by atoms with Crippen LogP contribution in [0.4, 0.5) is 4.79 Å². The zero-order valence-corrected chi connectivity index (χ0v) is 16.8. The van der Waals surface area contributed by atoms with Gasteiger partial charge in [-0.25, -0.2) is 12.9 Å². The van der Waals surface area contributed by atoms with Crippen LogP contribution in [0.1, 0.15) is 19.8 Å². The first-order valence-electron chi connectivity index (χ1n) is 9.50.